The third-order valence-corrected chi connectivity index (χ3v) is 6.22. The number of aromatic nitrogens is 4. The van der Waals surface area contributed by atoms with E-state index in [9.17, 15) is 9.90 Å². The van der Waals surface area contributed by atoms with Gasteiger partial charge in [0.2, 0.25) is 0 Å². The molecule has 0 radical (unpaired) electrons. The second-order valence-corrected chi connectivity index (χ2v) is 8.50. The molecular weight excluding hydrogens is 448 g/mol. The van der Waals surface area contributed by atoms with Crippen LogP contribution in [-0.4, -0.2) is 30.8 Å². The van der Waals surface area contributed by atoms with Crippen molar-refractivity contribution in [3.63, 3.8) is 0 Å². The quantitative estimate of drug-likeness (QED) is 0.248. The summed E-state index contributed by atoms with van der Waals surface area (Å²) >= 11 is 0. The van der Waals surface area contributed by atoms with Crippen molar-refractivity contribution in [1.29, 1.82) is 0 Å². The first kappa shape index (κ1) is 21.4. The number of aromatic amines is 2. The molecule has 3 heterocycles. The normalized spacial score (nSPS) is 11.9. The summed E-state index contributed by atoms with van der Waals surface area (Å²) in [5.74, 6) is -0.955. The van der Waals surface area contributed by atoms with Gasteiger partial charge in [0.15, 0.2) is 0 Å². The number of carbonyl (C=O) groups is 1. The lowest BCUT2D eigenvalue weighted by molar-refractivity contribution is 0.0697. The highest BCUT2D eigenvalue weighted by Crippen LogP contribution is 2.23. The third-order valence-electron chi connectivity index (χ3n) is 6.22. The van der Waals surface area contributed by atoms with Crippen LogP contribution >= 0.6 is 0 Å². The topological polar surface area (TPSA) is 86.7 Å². The highest BCUT2D eigenvalue weighted by atomic mass is 16.4. The molecule has 6 nitrogen and oxygen atoms in total. The number of rotatable bonds is 6. The predicted octanol–water partition coefficient (Wildman–Crippen LogP) is 6.87. The molecule has 36 heavy (non-hydrogen) atoms. The molecule has 0 fully saturated rings. The number of hydrogen-bond donors (Lipinski definition) is 3. The largest absolute Gasteiger partial charge is 0.478 e. The van der Waals surface area contributed by atoms with Gasteiger partial charge in [-0.15, -0.1) is 0 Å². The van der Waals surface area contributed by atoms with Crippen LogP contribution in [0.25, 0.3) is 51.8 Å². The zero-order chi connectivity index (χ0) is 24.5. The summed E-state index contributed by atoms with van der Waals surface area (Å²) in [6.45, 7) is 0. The summed E-state index contributed by atoms with van der Waals surface area (Å²) in [5, 5.41) is 16.4. The summed E-state index contributed by atoms with van der Waals surface area (Å²) in [4.78, 5) is 17.9. The van der Waals surface area contributed by atoms with Gasteiger partial charge in [0.25, 0.3) is 0 Å². The van der Waals surface area contributed by atoms with E-state index in [-0.39, 0.29) is 5.56 Å². The van der Waals surface area contributed by atoms with Crippen molar-refractivity contribution in [2.45, 2.75) is 0 Å². The van der Waals surface area contributed by atoms with E-state index in [1.54, 1.807) is 24.3 Å². The molecule has 0 aliphatic carbocycles. The maximum absolute atomic E-state index is 11.3. The van der Waals surface area contributed by atoms with E-state index >= 15 is 0 Å². The Balaban J connectivity index is 1.39. The van der Waals surface area contributed by atoms with Crippen molar-refractivity contribution in [2.24, 2.45) is 0 Å². The van der Waals surface area contributed by atoms with Crippen LogP contribution in [0.4, 0.5) is 0 Å². The van der Waals surface area contributed by atoms with Crippen LogP contribution in [0, 0.1) is 0 Å². The summed E-state index contributed by atoms with van der Waals surface area (Å²) in [6.07, 6.45) is 12.1. The lowest BCUT2D eigenvalue weighted by Crippen LogP contribution is -2.01. The SMILES string of the molecule is O=C(O)c1ccc(-n2nc(/C=C/c3c[nH]c4ccccc34)cc2/C=C/c2c[nH]c3ccccc23)cc1. The van der Waals surface area contributed by atoms with Crippen molar-refractivity contribution in [3.8, 4) is 5.69 Å². The number of benzene rings is 3. The Morgan fingerprint density at radius 3 is 1.94 bits per heavy atom. The van der Waals surface area contributed by atoms with Gasteiger partial charge in [-0.3, -0.25) is 0 Å². The van der Waals surface area contributed by atoms with Gasteiger partial charge in [-0.1, -0.05) is 48.6 Å². The molecule has 3 aromatic carbocycles. The Hall–Kier alpha value is -5.10. The van der Waals surface area contributed by atoms with E-state index in [0.29, 0.717) is 0 Å². The Morgan fingerprint density at radius 2 is 1.33 bits per heavy atom. The Bertz CT molecular complexity index is 1760. The summed E-state index contributed by atoms with van der Waals surface area (Å²) in [6, 6.07) is 25.1. The lowest BCUT2D eigenvalue weighted by atomic mass is 10.1. The number of carboxylic acid groups (broad SMARTS) is 1. The molecule has 0 amide bonds. The Kier molecular flexibility index (Phi) is 5.31. The zero-order valence-electron chi connectivity index (χ0n) is 19.2. The number of H-pyrrole nitrogens is 2. The number of para-hydroxylation sites is 2. The van der Waals surface area contributed by atoms with Gasteiger partial charge in [-0.2, -0.15) is 5.10 Å². The highest BCUT2D eigenvalue weighted by Gasteiger charge is 2.09. The van der Waals surface area contributed by atoms with Gasteiger partial charge in [0.1, 0.15) is 0 Å². The van der Waals surface area contributed by atoms with Gasteiger partial charge in [0.05, 0.1) is 22.6 Å². The van der Waals surface area contributed by atoms with Crippen molar-refractivity contribution in [3.05, 3.63) is 119 Å². The van der Waals surface area contributed by atoms with Crippen LogP contribution in [-0.2, 0) is 0 Å². The zero-order valence-corrected chi connectivity index (χ0v) is 19.2. The van der Waals surface area contributed by atoms with Crippen molar-refractivity contribution >= 4 is 52.1 Å². The minimum Gasteiger partial charge on any atom is -0.478 e. The van der Waals surface area contributed by atoms with Crippen LogP contribution < -0.4 is 0 Å². The van der Waals surface area contributed by atoms with E-state index in [1.807, 2.05) is 65.6 Å². The van der Waals surface area contributed by atoms with Crippen molar-refractivity contribution in [2.75, 3.05) is 0 Å². The fourth-order valence-electron chi connectivity index (χ4n) is 4.38. The molecule has 6 aromatic rings. The first-order valence-electron chi connectivity index (χ1n) is 11.6. The third kappa shape index (κ3) is 4.01. The summed E-state index contributed by atoms with van der Waals surface area (Å²) in [5.41, 5.74) is 7.02. The minimum atomic E-state index is -0.955. The van der Waals surface area contributed by atoms with Crippen molar-refractivity contribution < 1.29 is 9.90 Å². The molecule has 0 saturated carbocycles. The fourth-order valence-corrected chi connectivity index (χ4v) is 4.38. The molecule has 0 saturated heterocycles. The summed E-state index contributed by atoms with van der Waals surface area (Å²) in [7, 11) is 0. The number of nitrogens with one attached hydrogen (secondary N) is 2. The van der Waals surface area contributed by atoms with E-state index in [2.05, 4.69) is 40.3 Å². The van der Waals surface area contributed by atoms with Gasteiger partial charge < -0.3 is 15.1 Å². The molecule has 6 heteroatoms. The average molecular weight is 471 g/mol. The number of fused-ring (bicyclic) bond motifs is 2. The van der Waals surface area contributed by atoms with E-state index < -0.39 is 5.97 Å². The number of hydrogen-bond acceptors (Lipinski definition) is 2. The first-order valence-corrected chi connectivity index (χ1v) is 11.6. The maximum atomic E-state index is 11.3. The van der Waals surface area contributed by atoms with Crippen LogP contribution in [0.15, 0.2) is 91.3 Å². The molecule has 3 aromatic heterocycles. The Labute approximate surface area is 206 Å². The maximum Gasteiger partial charge on any atom is 0.335 e. The monoisotopic (exact) mass is 470 g/mol. The molecular formula is C30H22N4O2. The van der Waals surface area contributed by atoms with Crippen LogP contribution in [0.1, 0.15) is 32.9 Å². The fraction of sp³-hybridized carbons (Fsp3) is 0. The Morgan fingerprint density at radius 1 is 0.750 bits per heavy atom. The predicted molar refractivity (Wildman–Crippen MR) is 145 cm³/mol. The average Bonchev–Trinajstić information content (AvgIpc) is 3.63. The highest BCUT2D eigenvalue weighted by molar-refractivity contribution is 5.93. The second kappa shape index (κ2) is 8.92. The van der Waals surface area contributed by atoms with Gasteiger partial charge in [-0.25, -0.2) is 9.48 Å². The molecule has 0 bridgehead atoms. The lowest BCUT2D eigenvalue weighted by Gasteiger charge is -2.05. The number of nitrogens with zero attached hydrogens (tertiary/aromatic N) is 2. The van der Waals surface area contributed by atoms with Crippen molar-refractivity contribution in [1.82, 2.24) is 19.7 Å². The first-order chi connectivity index (χ1) is 17.7. The molecule has 0 unspecified atom stereocenters. The molecule has 0 aliphatic rings. The van der Waals surface area contributed by atoms with Crippen LogP contribution in [0.2, 0.25) is 0 Å². The standard InChI is InChI=1S/C30H22N4O2/c35-30(36)20-10-14-24(15-11-20)34-25(16-12-22-19-32-29-8-4-2-6-27(22)29)17-23(33-34)13-9-21-18-31-28-7-3-1-5-26(21)28/h1-19,31-32H,(H,35,36)/b13-9+,16-12+. The molecule has 0 spiro atoms. The molecule has 0 atom stereocenters. The smallest absolute Gasteiger partial charge is 0.335 e. The van der Waals surface area contributed by atoms with E-state index in [0.717, 1.165) is 50.0 Å². The minimum absolute atomic E-state index is 0.237. The molecule has 6 rings (SSSR count). The molecule has 174 valence electrons. The summed E-state index contributed by atoms with van der Waals surface area (Å²) < 4.78 is 1.83. The molecule has 0 aliphatic heterocycles. The molecule has 3 N–H and O–H groups in total. The van der Waals surface area contributed by atoms with E-state index in [1.165, 1.54) is 0 Å². The van der Waals surface area contributed by atoms with Crippen LogP contribution in [0.3, 0.4) is 0 Å². The van der Waals surface area contributed by atoms with Gasteiger partial charge in [0, 0.05) is 34.2 Å². The number of carboxylic acids is 1. The van der Waals surface area contributed by atoms with Gasteiger partial charge in [-0.05, 0) is 65.7 Å². The second-order valence-electron chi connectivity index (χ2n) is 8.50. The number of aromatic carboxylic acids is 1. The van der Waals surface area contributed by atoms with Gasteiger partial charge >= 0.3 is 5.97 Å². The van der Waals surface area contributed by atoms with Crippen LogP contribution in [0.5, 0.6) is 0 Å². The van der Waals surface area contributed by atoms with E-state index in [4.69, 9.17) is 5.10 Å².